The van der Waals surface area contributed by atoms with Crippen LogP contribution in [0.15, 0.2) is 41.5 Å². The summed E-state index contributed by atoms with van der Waals surface area (Å²) in [5.74, 6) is 0.946. The van der Waals surface area contributed by atoms with E-state index >= 15 is 0 Å². The number of hydrogen-bond donors (Lipinski definition) is 0. The van der Waals surface area contributed by atoms with E-state index in [0.29, 0.717) is 6.54 Å². The van der Waals surface area contributed by atoms with Gasteiger partial charge in [0.1, 0.15) is 18.7 Å². The van der Waals surface area contributed by atoms with Crippen molar-refractivity contribution in [3.05, 3.63) is 42.9 Å². The second kappa shape index (κ2) is 6.33. The monoisotopic (exact) mass is 328 g/mol. The molecule has 4 rings (SSSR count). The first kappa shape index (κ1) is 15.3. The van der Waals surface area contributed by atoms with Gasteiger partial charge in [-0.2, -0.15) is 0 Å². The van der Waals surface area contributed by atoms with E-state index in [1.807, 2.05) is 12.1 Å². The molecule has 7 nitrogen and oxygen atoms in total. The molecule has 0 aliphatic carbocycles. The number of anilines is 1. The van der Waals surface area contributed by atoms with Crippen LogP contribution < -0.4 is 4.90 Å². The van der Waals surface area contributed by atoms with E-state index in [-0.39, 0.29) is 18.1 Å². The Hall–Kier alpha value is -2.25. The Morgan fingerprint density at radius 1 is 1.21 bits per heavy atom. The third-order valence-corrected chi connectivity index (χ3v) is 4.83. The predicted molar refractivity (Wildman–Crippen MR) is 86.3 cm³/mol. The highest BCUT2D eigenvalue weighted by Gasteiger charge is 2.42. The summed E-state index contributed by atoms with van der Waals surface area (Å²) in [4.78, 5) is 24.4. The van der Waals surface area contributed by atoms with Gasteiger partial charge in [0.05, 0.1) is 43.0 Å². The van der Waals surface area contributed by atoms with Crippen LogP contribution in [0.2, 0.25) is 0 Å². The van der Waals surface area contributed by atoms with Crippen molar-refractivity contribution < 1.29 is 13.9 Å². The molecule has 0 bridgehead atoms. The molecule has 2 aromatic rings. The molecule has 0 atom stereocenters. The van der Waals surface area contributed by atoms with Crippen molar-refractivity contribution in [3.63, 3.8) is 0 Å². The number of rotatable bonds is 3. The standard InChI is InChI=1S/C17H20N4O3/c22-16-11-24-17(12-21(16)14-8-18-13-19-9-14)3-5-20(6-4-17)10-15-2-1-7-23-15/h1-2,7-9,13H,3-6,10-12H2. The lowest BCUT2D eigenvalue weighted by Crippen LogP contribution is -2.58. The number of morpholine rings is 1. The van der Waals surface area contributed by atoms with Gasteiger partial charge in [-0.3, -0.25) is 9.69 Å². The number of carbonyl (C=O) groups excluding carboxylic acids is 1. The zero-order valence-corrected chi connectivity index (χ0v) is 13.4. The Balaban J connectivity index is 1.42. The topological polar surface area (TPSA) is 71.7 Å². The Labute approximate surface area is 140 Å². The number of hydrogen-bond acceptors (Lipinski definition) is 6. The first-order valence-corrected chi connectivity index (χ1v) is 8.18. The summed E-state index contributed by atoms with van der Waals surface area (Å²) in [5.41, 5.74) is 0.465. The SMILES string of the molecule is O=C1COC2(CCN(Cc3ccco3)CC2)CN1c1cncnc1. The minimum absolute atomic E-state index is 0.0339. The van der Waals surface area contributed by atoms with Gasteiger partial charge in [-0.05, 0) is 25.0 Å². The lowest BCUT2D eigenvalue weighted by Gasteiger charge is -2.46. The zero-order chi connectivity index (χ0) is 16.4. The van der Waals surface area contributed by atoms with E-state index in [1.54, 1.807) is 23.6 Å². The van der Waals surface area contributed by atoms with E-state index in [0.717, 1.165) is 43.9 Å². The van der Waals surface area contributed by atoms with E-state index in [2.05, 4.69) is 14.9 Å². The third kappa shape index (κ3) is 3.05. The molecule has 0 unspecified atom stereocenters. The number of amides is 1. The van der Waals surface area contributed by atoms with Gasteiger partial charge in [0.15, 0.2) is 0 Å². The van der Waals surface area contributed by atoms with Crippen LogP contribution in [0.5, 0.6) is 0 Å². The van der Waals surface area contributed by atoms with Crippen LogP contribution in [0.4, 0.5) is 5.69 Å². The summed E-state index contributed by atoms with van der Waals surface area (Å²) in [6.45, 7) is 3.35. The lowest BCUT2D eigenvalue weighted by atomic mass is 9.89. The number of nitrogens with zero attached hydrogens (tertiary/aromatic N) is 4. The van der Waals surface area contributed by atoms with Crippen molar-refractivity contribution in [1.82, 2.24) is 14.9 Å². The van der Waals surface area contributed by atoms with E-state index in [4.69, 9.17) is 9.15 Å². The molecule has 126 valence electrons. The second-order valence-electron chi connectivity index (χ2n) is 6.40. The molecule has 2 aliphatic heterocycles. The van der Waals surface area contributed by atoms with Crippen molar-refractivity contribution in [2.45, 2.75) is 25.0 Å². The van der Waals surface area contributed by atoms with Crippen molar-refractivity contribution in [2.75, 3.05) is 31.1 Å². The molecule has 2 saturated heterocycles. The van der Waals surface area contributed by atoms with Crippen LogP contribution >= 0.6 is 0 Å². The molecule has 2 aliphatic rings. The number of aromatic nitrogens is 2. The molecule has 0 N–H and O–H groups in total. The van der Waals surface area contributed by atoms with Gasteiger partial charge >= 0.3 is 0 Å². The molecule has 24 heavy (non-hydrogen) atoms. The molecule has 0 saturated carbocycles. The van der Waals surface area contributed by atoms with Crippen molar-refractivity contribution in [1.29, 1.82) is 0 Å². The summed E-state index contributed by atoms with van der Waals surface area (Å²) in [5, 5.41) is 0. The van der Waals surface area contributed by atoms with Gasteiger partial charge in [0.2, 0.25) is 0 Å². The van der Waals surface area contributed by atoms with Crippen LogP contribution in [0.1, 0.15) is 18.6 Å². The van der Waals surface area contributed by atoms with E-state index < -0.39 is 0 Å². The molecule has 2 aromatic heterocycles. The van der Waals surface area contributed by atoms with Gasteiger partial charge in [-0.25, -0.2) is 9.97 Å². The van der Waals surface area contributed by atoms with Crippen LogP contribution in [0.3, 0.4) is 0 Å². The van der Waals surface area contributed by atoms with Gasteiger partial charge in [0.25, 0.3) is 5.91 Å². The maximum Gasteiger partial charge on any atom is 0.253 e. The average Bonchev–Trinajstić information content (AvgIpc) is 3.13. The fraction of sp³-hybridized carbons (Fsp3) is 0.471. The minimum atomic E-state index is -0.274. The van der Waals surface area contributed by atoms with E-state index in [1.165, 1.54) is 6.33 Å². The van der Waals surface area contributed by atoms with Crippen molar-refractivity contribution in [3.8, 4) is 0 Å². The Morgan fingerprint density at radius 2 is 2.00 bits per heavy atom. The highest BCUT2D eigenvalue weighted by atomic mass is 16.5. The summed E-state index contributed by atoms with van der Waals surface area (Å²) in [6, 6.07) is 3.91. The molecular weight excluding hydrogens is 308 g/mol. The summed E-state index contributed by atoms with van der Waals surface area (Å²) < 4.78 is 11.4. The van der Waals surface area contributed by atoms with Gasteiger partial charge in [-0.15, -0.1) is 0 Å². The molecule has 0 aromatic carbocycles. The Morgan fingerprint density at radius 3 is 2.71 bits per heavy atom. The first-order valence-electron chi connectivity index (χ1n) is 8.18. The fourth-order valence-electron chi connectivity index (χ4n) is 3.42. The second-order valence-corrected chi connectivity index (χ2v) is 6.40. The maximum absolute atomic E-state index is 12.2. The molecule has 0 radical (unpaired) electrons. The lowest BCUT2D eigenvalue weighted by molar-refractivity contribution is -0.145. The quantitative estimate of drug-likeness (QED) is 0.849. The van der Waals surface area contributed by atoms with E-state index in [9.17, 15) is 4.79 Å². The minimum Gasteiger partial charge on any atom is -0.468 e. The van der Waals surface area contributed by atoms with Crippen LogP contribution in [-0.2, 0) is 16.1 Å². The van der Waals surface area contributed by atoms with Gasteiger partial charge < -0.3 is 14.1 Å². The van der Waals surface area contributed by atoms with Gasteiger partial charge in [0, 0.05) is 13.1 Å². The summed E-state index contributed by atoms with van der Waals surface area (Å²) >= 11 is 0. The largest absolute Gasteiger partial charge is 0.468 e. The zero-order valence-electron chi connectivity index (χ0n) is 13.4. The molecule has 2 fully saturated rings. The highest BCUT2D eigenvalue weighted by Crippen LogP contribution is 2.32. The molecule has 1 spiro atoms. The average molecular weight is 328 g/mol. The number of furan rings is 1. The molecule has 4 heterocycles. The maximum atomic E-state index is 12.2. The first-order chi connectivity index (χ1) is 11.7. The van der Waals surface area contributed by atoms with Crippen molar-refractivity contribution in [2.24, 2.45) is 0 Å². The number of carbonyl (C=O) groups is 1. The third-order valence-electron chi connectivity index (χ3n) is 4.83. The fourth-order valence-corrected chi connectivity index (χ4v) is 3.42. The number of likely N-dealkylation sites (tertiary alicyclic amines) is 1. The molecular formula is C17H20N4O3. The molecule has 1 amide bonds. The summed E-state index contributed by atoms with van der Waals surface area (Å²) in [7, 11) is 0. The highest BCUT2D eigenvalue weighted by molar-refractivity contribution is 5.94. The normalized spacial score (nSPS) is 21.3. The van der Waals surface area contributed by atoms with Crippen LogP contribution in [0.25, 0.3) is 0 Å². The predicted octanol–water partition coefficient (Wildman–Crippen LogP) is 1.47. The number of piperidine rings is 1. The van der Waals surface area contributed by atoms with Crippen molar-refractivity contribution >= 4 is 11.6 Å². The molecule has 7 heteroatoms. The Bertz CT molecular complexity index is 681. The summed E-state index contributed by atoms with van der Waals surface area (Å²) in [6.07, 6.45) is 8.32. The number of ether oxygens (including phenoxy) is 1. The smallest absolute Gasteiger partial charge is 0.253 e. The Kier molecular flexibility index (Phi) is 4.03. The van der Waals surface area contributed by atoms with Gasteiger partial charge in [-0.1, -0.05) is 0 Å². The van der Waals surface area contributed by atoms with Crippen LogP contribution in [-0.4, -0.2) is 52.6 Å². The van der Waals surface area contributed by atoms with Crippen LogP contribution in [0, 0.1) is 0 Å².